The van der Waals surface area contributed by atoms with E-state index in [1.165, 1.54) is 25.5 Å². The number of carbonyl (C=O) groups excluding carboxylic acids is 1. The first-order chi connectivity index (χ1) is 8.89. The molecule has 2 rings (SSSR count). The number of aromatic nitrogens is 2. The van der Waals surface area contributed by atoms with E-state index in [2.05, 4.69) is 9.97 Å². The molecule has 0 fully saturated rings. The lowest BCUT2D eigenvalue weighted by Crippen LogP contribution is -2.10. The van der Waals surface area contributed by atoms with Gasteiger partial charge in [0.1, 0.15) is 5.69 Å². The number of nitrogens with zero attached hydrogens (tertiary/aromatic N) is 2. The number of hydrogen-bond donors (Lipinski definition) is 0. The van der Waals surface area contributed by atoms with E-state index in [9.17, 15) is 18.0 Å². The summed E-state index contributed by atoms with van der Waals surface area (Å²) in [6.07, 6.45) is -0.374. The van der Waals surface area contributed by atoms with Crippen molar-refractivity contribution in [2.45, 2.75) is 13.1 Å². The Labute approximate surface area is 107 Å². The summed E-state index contributed by atoms with van der Waals surface area (Å²) in [7, 11) is 0. The summed E-state index contributed by atoms with van der Waals surface area (Å²) in [5, 5.41) is 0. The molecular weight excluding hydrogens is 257 g/mol. The molecule has 3 nitrogen and oxygen atoms in total. The van der Waals surface area contributed by atoms with E-state index < -0.39 is 17.5 Å². The van der Waals surface area contributed by atoms with Gasteiger partial charge in [-0.1, -0.05) is 6.07 Å². The van der Waals surface area contributed by atoms with Crippen molar-refractivity contribution in [3.63, 3.8) is 0 Å². The van der Waals surface area contributed by atoms with Gasteiger partial charge >= 0.3 is 6.18 Å². The minimum Gasteiger partial charge on any atom is -0.287 e. The summed E-state index contributed by atoms with van der Waals surface area (Å²) in [6, 6.07) is 3.00. The van der Waals surface area contributed by atoms with E-state index in [0.29, 0.717) is 0 Å². The van der Waals surface area contributed by atoms with Crippen molar-refractivity contribution in [1.29, 1.82) is 0 Å². The molecule has 0 aliphatic heterocycles. The lowest BCUT2D eigenvalue weighted by molar-refractivity contribution is -0.137. The van der Waals surface area contributed by atoms with Gasteiger partial charge in [0.15, 0.2) is 0 Å². The van der Waals surface area contributed by atoms with Gasteiger partial charge < -0.3 is 0 Å². The first kappa shape index (κ1) is 13.2. The first-order valence-electron chi connectivity index (χ1n) is 5.38. The van der Waals surface area contributed by atoms with Crippen molar-refractivity contribution in [3.8, 4) is 0 Å². The molecule has 0 saturated carbocycles. The lowest BCUT2D eigenvalue weighted by atomic mass is 10.00. The largest absolute Gasteiger partial charge is 0.416 e. The van der Waals surface area contributed by atoms with Crippen molar-refractivity contribution < 1.29 is 18.0 Å². The maximum absolute atomic E-state index is 12.5. The monoisotopic (exact) mass is 266 g/mol. The third kappa shape index (κ3) is 2.78. The Morgan fingerprint density at radius 3 is 2.47 bits per heavy atom. The summed E-state index contributed by atoms with van der Waals surface area (Å²) in [5.74, 6) is -0.445. The quantitative estimate of drug-likeness (QED) is 0.785. The second kappa shape index (κ2) is 4.79. The Morgan fingerprint density at radius 1 is 1.21 bits per heavy atom. The summed E-state index contributed by atoms with van der Waals surface area (Å²) < 4.78 is 37.5. The minimum atomic E-state index is -4.42. The molecule has 0 atom stereocenters. The van der Waals surface area contributed by atoms with Gasteiger partial charge in [-0.25, -0.2) is 4.98 Å². The van der Waals surface area contributed by atoms with E-state index >= 15 is 0 Å². The first-order valence-corrected chi connectivity index (χ1v) is 5.38. The molecule has 0 amide bonds. The highest BCUT2D eigenvalue weighted by molar-refractivity contribution is 6.08. The molecule has 0 radical (unpaired) electrons. The van der Waals surface area contributed by atoms with Gasteiger partial charge in [-0.3, -0.25) is 9.78 Å². The van der Waals surface area contributed by atoms with Crippen LogP contribution in [0.1, 0.15) is 27.2 Å². The van der Waals surface area contributed by atoms with Crippen LogP contribution in [-0.4, -0.2) is 15.8 Å². The molecule has 19 heavy (non-hydrogen) atoms. The lowest BCUT2D eigenvalue weighted by Gasteiger charge is -2.10. The average molecular weight is 266 g/mol. The molecule has 6 heteroatoms. The van der Waals surface area contributed by atoms with Gasteiger partial charge in [-0.2, -0.15) is 13.2 Å². The van der Waals surface area contributed by atoms with Crippen LogP contribution in [0, 0.1) is 6.92 Å². The van der Waals surface area contributed by atoms with Crippen LogP contribution in [0.3, 0.4) is 0 Å². The highest BCUT2D eigenvalue weighted by Crippen LogP contribution is 2.30. The van der Waals surface area contributed by atoms with E-state index in [1.807, 2.05) is 0 Å². The second-order valence-corrected chi connectivity index (χ2v) is 3.95. The molecule has 1 aromatic heterocycles. The van der Waals surface area contributed by atoms with Gasteiger partial charge in [0, 0.05) is 18.0 Å². The predicted octanol–water partition coefficient (Wildman–Crippen LogP) is 3.03. The molecule has 0 spiro atoms. The Bertz CT molecular complexity index is 609. The fourth-order valence-corrected chi connectivity index (χ4v) is 1.65. The van der Waals surface area contributed by atoms with Gasteiger partial charge in [0.05, 0.1) is 11.8 Å². The van der Waals surface area contributed by atoms with Crippen molar-refractivity contribution in [2.24, 2.45) is 0 Å². The highest BCUT2D eigenvalue weighted by atomic mass is 19.4. The summed E-state index contributed by atoms with van der Waals surface area (Å²) >= 11 is 0. The second-order valence-electron chi connectivity index (χ2n) is 3.95. The van der Waals surface area contributed by atoms with E-state index in [4.69, 9.17) is 0 Å². The Balaban J connectivity index is 2.40. The number of benzene rings is 1. The van der Waals surface area contributed by atoms with Crippen molar-refractivity contribution >= 4 is 5.78 Å². The van der Waals surface area contributed by atoms with Crippen LogP contribution in [0.5, 0.6) is 0 Å². The maximum atomic E-state index is 12.5. The SMILES string of the molecule is Cc1cc(C(F)(F)F)ccc1C(=O)c1cnccn1. The Hall–Kier alpha value is -2.24. The van der Waals surface area contributed by atoms with Gasteiger partial charge in [-0.15, -0.1) is 0 Å². The molecule has 0 bridgehead atoms. The van der Waals surface area contributed by atoms with Crippen molar-refractivity contribution in [1.82, 2.24) is 9.97 Å². The Morgan fingerprint density at radius 2 is 1.95 bits per heavy atom. The number of aryl methyl sites for hydroxylation is 1. The Kier molecular flexibility index (Phi) is 3.33. The molecule has 0 aliphatic carbocycles. The minimum absolute atomic E-state index is 0.102. The van der Waals surface area contributed by atoms with Crippen LogP contribution >= 0.6 is 0 Å². The third-order valence-electron chi connectivity index (χ3n) is 2.59. The molecule has 0 unspecified atom stereocenters. The zero-order chi connectivity index (χ0) is 14.0. The van der Waals surface area contributed by atoms with Crippen LogP contribution in [0.2, 0.25) is 0 Å². The zero-order valence-electron chi connectivity index (χ0n) is 9.90. The fraction of sp³-hybridized carbons (Fsp3) is 0.154. The topological polar surface area (TPSA) is 42.9 Å². The number of alkyl halides is 3. The third-order valence-corrected chi connectivity index (χ3v) is 2.59. The van der Waals surface area contributed by atoms with Gasteiger partial charge in [0.25, 0.3) is 0 Å². The number of rotatable bonds is 2. The van der Waals surface area contributed by atoms with E-state index in [0.717, 1.165) is 18.2 Å². The normalized spacial score (nSPS) is 11.4. The van der Waals surface area contributed by atoms with Gasteiger partial charge in [0.2, 0.25) is 5.78 Å². The number of hydrogen-bond acceptors (Lipinski definition) is 3. The number of halogens is 3. The summed E-state index contributed by atoms with van der Waals surface area (Å²) in [5.41, 5.74) is -0.231. The number of ketones is 1. The van der Waals surface area contributed by atoms with Crippen LogP contribution in [-0.2, 0) is 6.18 Å². The van der Waals surface area contributed by atoms with E-state index in [1.54, 1.807) is 0 Å². The highest BCUT2D eigenvalue weighted by Gasteiger charge is 2.31. The fourth-order valence-electron chi connectivity index (χ4n) is 1.65. The molecular formula is C13H9F3N2O. The molecule has 98 valence electrons. The molecule has 2 aromatic rings. The van der Waals surface area contributed by atoms with Crippen LogP contribution in [0.15, 0.2) is 36.8 Å². The summed E-state index contributed by atoms with van der Waals surface area (Å²) in [6.45, 7) is 1.46. The summed E-state index contributed by atoms with van der Waals surface area (Å²) in [4.78, 5) is 19.6. The maximum Gasteiger partial charge on any atom is 0.416 e. The molecule has 1 heterocycles. The van der Waals surface area contributed by atoms with Gasteiger partial charge in [-0.05, 0) is 24.6 Å². The van der Waals surface area contributed by atoms with E-state index in [-0.39, 0.29) is 16.8 Å². The van der Waals surface area contributed by atoms with Crippen LogP contribution in [0.25, 0.3) is 0 Å². The van der Waals surface area contributed by atoms with Crippen LogP contribution < -0.4 is 0 Å². The van der Waals surface area contributed by atoms with Crippen LogP contribution in [0.4, 0.5) is 13.2 Å². The standard InChI is InChI=1S/C13H9F3N2O/c1-8-6-9(13(14,15)16)2-3-10(8)12(19)11-7-17-4-5-18-11/h2-7H,1H3. The molecule has 0 N–H and O–H groups in total. The van der Waals surface area contributed by atoms with Crippen molar-refractivity contribution in [3.05, 3.63) is 59.2 Å². The smallest absolute Gasteiger partial charge is 0.287 e. The average Bonchev–Trinajstić information content (AvgIpc) is 2.38. The number of carbonyl (C=O) groups is 1. The predicted molar refractivity (Wildman–Crippen MR) is 61.6 cm³/mol. The molecule has 0 aliphatic rings. The molecule has 1 aromatic carbocycles. The van der Waals surface area contributed by atoms with Crippen molar-refractivity contribution in [2.75, 3.05) is 0 Å². The zero-order valence-corrected chi connectivity index (χ0v) is 9.90. The molecule has 0 saturated heterocycles.